The van der Waals surface area contributed by atoms with E-state index in [0.717, 1.165) is 0 Å². The van der Waals surface area contributed by atoms with Gasteiger partial charge in [0.05, 0.1) is 17.1 Å². The van der Waals surface area contributed by atoms with Crippen molar-refractivity contribution in [3.63, 3.8) is 0 Å². The highest BCUT2D eigenvalue weighted by molar-refractivity contribution is 7.92. The summed E-state index contributed by atoms with van der Waals surface area (Å²) in [6.07, 6.45) is 1.80. The SMILES string of the molecule is O=C(NCc1nnc2ccccn12)c1cccc(S(=O)(=O)Nc2ccc3c(c2)OCO3)c1. The summed E-state index contributed by atoms with van der Waals surface area (Å²) < 4.78 is 40.4. The van der Waals surface area contributed by atoms with E-state index in [1.165, 1.54) is 24.3 Å². The molecule has 0 bridgehead atoms. The van der Waals surface area contributed by atoms with Gasteiger partial charge in [-0.1, -0.05) is 12.1 Å². The van der Waals surface area contributed by atoms with E-state index in [0.29, 0.717) is 28.7 Å². The first-order valence-corrected chi connectivity index (χ1v) is 11.1. The first-order valence-electron chi connectivity index (χ1n) is 9.59. The van der Waals surface area contributed by atoms with Crippen LogP contribution in [0.2, 0.25) is 0 Å². The Morgan fingerprint density at radius 1 is 1.00 bits per heavy atom. The lowest BCUT2D eigenvalue weighted by molar-refractivity contribution is 0.0949. The summed E-state index contributed by atoms with van der Waals surface area (Å²) in [6.45, 7) is 0.226. The molecule has 162 valence electrons. The van der Waals surface area contributed by atoms with E-state index in [2.05, 4.69) is 20.2 Å². The number of pyridine rings is 1. The van der Waals surface area contributed by atoms with E-state index in [1.54, 1.807) is 34.9 Å². The van der Waals surface area contributed by atoms with Gasteiger partial charge in [-0.2, -0.15) is 0 Å². The average Bonchev–Trinajstić information content (AvgIpc) is 3.44. The molecule has 0 aliphatic carbocycles. The highest BCUT2D eigenvalue weighted by Gasteiger charge is 2.19. The molecule has 2 aromatic heterocycles. The highest BCUT2D eigenvalue weighted by Crippen LogP contribution is 2.34. The monoisotopic (exact) mass is 451 g/mol. The smallest absolute Gasteiger partial charge is 0.261 e. The lowest BCUT2D eigenvalue weighted by Gasteiger charge is -2.10. The van der Waals surface area contributed by atoms with Crippen LogP contribution in [0.15, 0.2) is 71.8 Å². The maximum atomic E-state index is 12.8. The van der Waals surface area contributed by atoms with Gasteiger partial charge in [0.25, 0.3) is 15.9 Å². The van der Waals surface area contributed by atoms with Gasteiger partial charge in [0.2, 0.25) is 6.79 Å². The quantitative estimate of drug-likeness (QED) is 0.460. The molecular weight excluding hydrogens is 434 g/mol. The fraction of sp³-hybridized carbons (Fsp3) is 0.0952. The van der Waals surface area contributed by atoms with Crippen LogP contribution < -0.4 is 19.5 Å². The Labute approximate surface area is 182 Å². The Hall–Kier alpha value is -4.12. The van der Waals surface area contributed by atoms with E-state index in [9.17, 15) is 13.2 Å². The number of nitrogens with one attached hydrogen (secondary N) is 2. The molecule has 32 heavy (non-hydrogen) atoms. The fourth-order valence-electron chi connectivity index (χ4n) is 3.25. The minimum Gasteiger partial charge on any atom is -0.454 e. The van der Waals surface area contributed by atoms with Crippen LogP contribution in [0.4, 0.5) is 5.69 Å². The van der Waals surface area contributed by atoms with Gasteiger partial charge in [0.15, 0.2) is 23.0 Å². The zero-order chi connectivity index (χ0) is 22.1. The number of carbonyl (C=O) groups excluding carboxylic acids is 1. The number of nitrogens with zero attached hydrogens (tertiary/aromatic N) is 3. The van der Waals surface area contributed by atoms with E-state index >= 15 is 0 Å². The summed E-state index contributed by atoms with van der Waals surface area (Å²) in [4.78, 5) is 12.6. The van der Waals surface area contributed by atoms with Crippen molar-refractivity contribution in [3.8, 4) is 11.5 Å². The highest BCUT2D eigenvalue weighted by atomic mass is 32.2. The third-order valence-electron chi connectivity index (χ3n) is 4.82. The number of carbonyl (C=O) groups is 1. The molecule has 1 amide bonds. The second-order valence-electron chi connectivity index (χ2n) is 6.93. The minimum absolute atomic E-state index is 0.0456. The molecule has 0 spiro atoms. The van der Waals surface area contributed by atoms with Gasteiger partial charge in [-0.25, -0.2) is 8.42 Å². The molecule has 11 heteroatoms. The van der Waals surface area contributed by atoms with Crippen LogP contribution in [0.5, 0.6) is 11.5 Å². The molecule has 0 atom stereocenters. The van der Waals surface area contributed by atoms with Crippen molar-refractivity contribution >= 4 is 27.3 Å². The lowest BCUT2D eigenvalue weighted by atomic mass is 10.2. The number of rotatable bonds is 6. The number of aromatic nitrogens is 3. The molecule has 0 saturated heterocycles. The number of sulfonamides is 1. The molecule has 0 radical (unpaired) electrons. The summed E-state index contributed by atoms with van der Waals surface area (Å²) in [6, 6.07) is 16.0. The van der Waals surface area contributed by atoms with Crippen LogP contribution in [-0.2, 0) is 16.6 Å². The normalized spacial score (nSPS) is 12.6. The second-order valence-corrected chi connectivity index (χ2v) is 8.61. The van der Waals surface area contributed by atoms with Crippen molar-refractivity contribution in [1.29, 1.82) is 0 Å². The first-order chi connectivity index (χ1) is 15.5. The number of hydrogen-bond acceptors (Lipinski definition) is 7. The minimum atomic E-state index is -3.93. The molecule has 2 aromatic carbocycles. The zero-order valence-corrected chi connectivity index (χ0v) is 17.4. The molecule has 0 unspecified atom stereocenters. The number of benzene rings is 2. The summed E-state index contributed by atoms with van der Waals surface area (Å²) in [5.74, 6) is 1.13. The van der Waals surface area contributed by atoms with E-state index in [1.807, 2.05) is 12.1 Å². The van der Waals surface area contributed by atoms with Crippen LogP contribution in [0, 0.1) is 0 Å². The second kappa shape index (κ2) is 7.85. The summed E-state index contributed by atoms with van der Waals surface area (Å²) >= 11 is 0. The van der Waals surface area contributed by atoms with Crippen molar-refractivity contribution in [3.05, 3.63) is 78.2 Å². The molecule has 0 fully saturated rings. The molecule has 2 N–H and O–H groups in total. The van der Waals surface area contributed by atoms with Gasteiger partial charge >= 0.3 is 0 Å². The maximum absolute atomic E-state index is 12.8. The Bertz CT molecular complexity index is 1430. The molecule has 1 aliphatic rings. The standard InChI is InChI=1S/C21H17N5O5S/c27-21(22-12-20-24-23-19-6-1-2-9-26(19)20)14-4-3-5-16(10-14)32(28,29)25-15-7-8-17-18(11-15)31-13-30-17/h1-11,25H,12-13H2,(H,22,27). The van der Waals surface area contributed by atoms with Gasteiger partial charge in [0.1, 0.15) is 0 Å². The van der Waals surface area contributed by atoms with Crippen molar-refractivity contribution in [2.45, 2.75) is 11.4 Å². The summed E-state index contributed by atoms with van der Waals surface area (Å²) in [5, 5.41) is 10.8. The van der Waals surface area contributed by atoms with E-state index < -0.39 is 15.9 Å². The van der Waals surface area contributed by atoms with E-state index in [-0.39, 0.29) is 23.8 Å². The average molecular weight is 451 g/mol. The molecule has 0 saturated carbocycles. The van der Waals surface area contributed by atoms with Crippen LogP contribution in [0.3, 0.4) is 0 Å². The van der Waals surface area contributed by atoms with Crippen molar-refractivity contribution in [2.24, 2.45) is 0 Å². The number of fused-ring (bicyclic) bond motifs is 2. The molecule has 5 rings (SSSR count). The van der Waals surface area contributed by atoms with Crippen molar-refractivity contribution in [2.75, 3.05) is 11.5 Å². The summed E-state index contributed by atoms with van der Waals surface area (Å²) in [7, 11) is -3.93. The van der Waals surface area contributed by atoms with Gasteiger partial charge in [-0.05, 0) is 42.5 Å². The lowest BCUT2D eigenvalue weighted by Crippen LogP contribution is -2.24. The maximum Gasteiger partial charge on any atom is 0.261 e. The largest absolute Gasteiger partial charge is 0.454 e. The van der Waals surface area contributed by atoms with Crippen molar-refractivity contribution < 1.29 is 22.7 Å². The van der Waals surface area contributed by atoms with E-state index in [4.69, 9.17) is 9.47 Å². The van der Waals surface area contributed by atoms with Crippen LogP contribution >= 0.6 is 0 Å². The molecule has 4 aromatic rings. The topological polar surface area (TPSA) is 124 Å². The Morgan fingerprint density at radius 2 is 1.88 bits per heavy atom. The number of hydrogen-bond donors (Lipinski definition) is 2. The van der Waals surface area contributed by atoms with Gasteiger partial charge in [0, 0.05) is 17.8 Å². The van der Waals surface area contributed by atoms with Gasteiger partial charge in [-0.3, -0.25) is 13.9 Å². The number of amides is 1. The third-order valence-corrected chi connectivity index (χ3v) is 6.20. The number of ether oxygens (including phenoxy) is 2. The van der Waals surface area contributed by atoms with Gasteiger partial charge in [-0.15, -0.1) is 10.2 Å². The van der Waals surface area contributed by atoms with Gasteiger partial charge < -0.3 is 14.8 Å². The third kappa shape index (κ3) is 3.81. The Balaban J connectivity index is 1.31. The van der Waals surface area contributed by atoms with Crippen LogP contribution in [0.1, 0.15) is 16.2 Å². The predicted octanol–water partition coefficient (Wildman–Crippen LogP) is 2.19. The molecule has 10 nitrogen and oxygen atoms in total. The molecule has 3 heterocycles. The Kier molecular flexibility index (Phi) is 4.86. The van der Waals surface area contributed by atoms with Crippen molar-refractivity contribution in [1.82, 2.24) is 19.9 Å². The molecular formula is C21H17N5O5S. The predicted molar refractivity (Wildman–Crippen MR) is 114 cm³/mol. The fourth-order valence-corrected chi connectivity index (χ4v) is 4.35. The zero-order valence-electron chi connectivity index (χ0n) is 16.6. The number of anilines is 1. The van der Waals surface area contributed by atoms with Crippen LogP contribution in [0.25, 0.3) is 5.65 Å². The first kappa shape index (κ1) is 19.8. The summed E-state index contributed by atoms with van der Waals surface area (Å²) in [5.41, 5.74) is 1.19. The van der Waals surface area contributed by atoms with Crippen LogP contribution in [-0.4, -0.2) is 35.7 Å². The Morgan fingerprint density at radius 3 is 2.78 bits per heavy atom. The molecule has 1 aliphatic heterocycles.